The molecule has 21 heavy (non-hydrogen) atoms. The Hall–Kier alpha value is -1.40. The lowest BCUT2D eigenvalue weighted by atomic mass is 10.1. The maximum absolute atomic E-state index is 12.0. The zero-order valence-electron chi connectivity index (χ0n) is 12.3. The molecule has 0 fully saturated rings. The van der Waals surface area contributed by atoms with Crippen molar-refractivity contribution in [1.29, 1.82) is 0 Å². The highest BCUT2D eigenvalue weighted by Crippen LogP contribution is 2.26. The molecule has 0 radical (unpaired) electrons. The quantitative estimate of drug-likeness (QED) is 0.452. The molecule has 4 nitrogen and oxygen atoms in total. The number of ketones is 1. The van der Waals surface area contributed by atoms with Gasteiger partial charge in [0.05, 0.1) is 6.54 Å². The van der Waals surface area contributed by atoms with Crippen LogP contribution in [0.25, 0.3) is 0 Å². The molecule has 0 amide bonds. The zero-order valence-corrected chi connectivity index (χ0v) is 13.9. The summed E-state index contributed by atoms with van der Waals surface area (Å²) in [5, 5.41) is 11.9. The standard InChI is InChI=1S/C15H19N3OS2/c1-3-4-9-20-15-18-17-14(21-15)16-10-13(19)12-7-5-11(2)6-8-12/h5-8H,3-4,9-10H2,1-2H3,(H,16,17). The van der Waals surface area contributed by atoms with Gasteiger partial charge in [0, 0.05) is 11.3 Å². The number of rotatable bonds is 8. The summed E-state index contributed by atoms with van der Waals surface area (Å²) in [6.45, 7) is 4.42. The highest BCUT2D eigenvalue weighted by Gasteiger charge is 2.08. The molecular weight excluding hydrogens is 302 g/mol. The Morgan fingerprint density at radius 3 is 2.76 bits per heavy atom. The lowest BCUT2D eigenvalue weighted by Crippen LogP contribution is -2.13. The van der Waals surface area contributed by atoms with Gasteiger partial charge in [-0.15, -0.1) is 10.2 Å². The molecule has 112 valence electrons. The maximum atomic E-state index is 12.0. The van der Waals surface area contributed by atoms with Gasteiger partial charge in [-0.1, -0.05) is 66.3 Å². The smallest absolute Gasteiger partial charge is 0.206 e. The van der Waals surface area contributed by atoms with Crippen LogP contribution in [0.2, 0.25) is 0 Å². The van der Waals surface area contributed by atoms with E-state index in [4.69, 9.17) is 0 Å². The molecule has 0 bridgehead atoms. The second kappa shape index (κ2) is 8.14. The largest absolute Gasteiger partial charge is 0.353 e. The number of aryl methyl sites for hydroxylation is 1. The Balaban J connectivity index is 1.82. The summed E-state index contributed by atoms with van der Waals surface area (Å²) in [7, 11) is 0. The minimum absolute atomic E-state index is 0.0605. The van der Waals surface area contributed by atoms with Crippen LogP contribution >= 0.6 is 23.1 Å². The van der Waals surface area contributed by atoms with Crippen molar-refractivity contribution < 1.29 is 4.79 Å². The molecule has 0 saturated carbocycles. The summed E-state index contributed by atoms with van der Waals surface area (Å²) in [5.74, 6) is 1.12. The van der Waals surface area contributed by atoms with E-state index < -0.39 is 0 Å². The van der Waals surface area contributed by atoms with E-state index >= 15 is 0 Å². The van der Waals surface area contributed by atoms with Crippen LogP contribution in [0.15, 0.2) is 28.6 Å². The van der Waals surface area contributed by atoms with Crippen LogP contribution < -0.4 is 5.32 Å². The van der Waals surface area contributed by atoms with Gasteiger partial charge in [0.15, 0.2) is 10.1 Å². The minimum Gasteiger partial charge on any atom is -0.353 e. The highest BCUT2D eigenvalue weighted by molar-refractivity contribution is 8.01. The topological polar surface area (TPSA) is 54.9 Å². The van der Waals surface area contributed by atoms with E-state index in [0.717, 1.165) is 21.2 Å². The molecule has 6 heteroatoms. The predicted molar refractivity (Wildman–Crippen MR) is 89.5 cm³/mol. The van der Waals surface area contributed by atoms with Crippen LogP contribution in [0.4, 0.5) is 5.13 Å². The Morgan fingerprint density at radius 1 is 1.29 bits per heavy atom. The van der Waals surface area contributed by atoms with Crippen LogP contribution in [-0.2, 0) is 0 Å². The number of carbonyl (C=O) groups is 1. The van der Waals surface area contributed by atoms with Gasteiger partial charge in [-0.3, -0.25) is 4.79 Å². The Morgan fingerprint density at radius 2 is 2.05 bits per heavy atom. The molecular formula is C15H19N3OS2. The third-order valence-corrected chi connectivity index (χ3v) is 5.00. The first-order valence-corrected chi connectivity index (χ1v) is 8.79. The number of hydrogen-bond donors (Lipinski definition) is 1. The second-order valence-corrected chi connectivity index (χ2v) is 7.04. The fourth-order valence-electron chi connectivity index (χ4n) is 1.64. The van der Waals surface area contributed by atoms with Crippen molar-refractivity contribution in [3.05, 3.63) is 35.4 Å². The lowest BCUT2D eigenvalue weighted by molar-refractivity contribution is 0.101. The number of anilines is 1. The highest BCUT2D eigenvalue weighted by atomic mass is 32.2. The molecule has 2 rings (SSSR count). The summed E-state index contributed by atoms with van der Waals surface area (Å²) < 4.78 is 0.953. The average Bonchev–Trinajstić information content (AvgIpc) is 2.94. The van der Waals surface area contributed by atoms with E-state index in [1.807, 2.05) is 31.2 Å². The summed E-state index contributed by atoms with van der Waals surface area (Å²) in [4.78, 5) is 12.0. The van der Waals surface area contributed by atoms with Crippen LogP contribution in [-0.4, -0.2) is 28.3 Å². The Bertz CT molecular complexity index is 581. The zero-order chi connectivity index (χ0) is 15.1. The summed E-state index contributed by atoms with van der Waals surface area (Å²) >= 11 is 3.22. The molecule has 0 saturated heterocycles. The fraction of sp³-hybridized carbons (Fsp3) is 0.400. The number of nitrogens with one attached hydrogen (secondary N) is 1. The first-order chi connectivity index (χ1) is 10.2. The number of hydrogen-bond acceptors (Lipinski definition) is 6. The number of aromatic nitrogens is 2. The van der Waals surface area contributed by atoms with Crippen molar-refractivity contribution in [2.24, 2.45) is 0 Å². The molecule has 1 heterocycles. The average molecular weight is 321 g/mol. The van der Waals surface area contributed by atoms with Gasteiger partial charge in [-0.25, -0.2) is 0 Å². The molecule has 2 aromatic rings. The molecule has 1 aromatic carbocycles. The number of benzene rings is 1. The molecule has 0 aliphatic heterocycles. The van der Waals surface area contributed by atoms with E-state index in [-0.39, 0.29) is 12.3 Å². The predicted octanol–water partition coefficient (Wildman–Crippen LogP) is 4.03. The Labute approximate surface area is 133 Å². The van der Waals surface area contributed by atoms with Gasteiger partial charge >= 0.3 is 0 Å². The normalized spacial score (nSPS) is 10.6. The summed E-state index contributed by atoms with van der Waals surface area (Å²) in [5.41, 5.74) is 1.87. The summed E-state index contributed by atoms with van der Waals surface area (Å²) in [6, 6.07) is 7.60. The third kappa shape index (κ3) is 5.13. The Kier molecular flexibility index (Phi) is 6.20. The summed E-state index contributed by atoms with van der Waals surface area (Å²) in [6.07, 6.45) is 2.36. The van der Waals surface area contributed by atoms with Crippen molar-refractivity contribution in [2.75, 3.05) is 17.6 Å². The van der Waals surface area contributed by atoms with Crippen LogP contribution in [0.1, 0.15) is 35.7 Å². The molecule has 1 aromatic heterocycles. The van der Waals surface area contributed by atoms with E-state index in [2.05, 4.69) is 22.4 Å². The van der Waals surface area contributed by atoms with Crippen molar-refractivity contribution in [3.63, 3.8) is 0 Å². The van der Waals surface area contributed by atoms with E-state index in [9.17, 15) is 4.79 Å². The molecule has 0 aliphatic carbocycles. The van der Waals surface area contributed by atoms with E-state index in [1.165, 1.54) is 24.2 Å². The molecule has 0 aliphatic rings. The van der Waals surface area contributed by atoms with Gasteiger partial charge < -0.3 is 5.32 Å². The van der Waals surface area contributed by atoms with Crippen molar-refractivity contribution >= 4 is 34.0 Å². The SMILES string of the molecule is CCCCSc1nnc(NCC(=O)c2ccc(C)cc2)s1. The van der Waals surface area contributed by atoms with Gasteiger partial charge in [0.2, 0.25) is 5.13 Å². The van der Waals surface area contributed by atoms with Gasteiger partial charge in [-0.05, 0) is 13.3 Å². The number of thioether (sulfide) groups is 1. The van der Waals surface area contributed by atoms with Crippen LogP contribution in [0, 0.1) is 6.92 Å². The van der Waals surface area contributed by atoms with Gasteiger partial charge in [0.25, 0.3) is 0 Å². The van der Waals surface area contributed by atoms with E-state index in [0.29, 0.717) is 5.13 Å². The molecule has 1 N–H and O–H groups in total. The first-order valence-electron chi connectivity index (χ1n) is 6.99. The number of carbonyl (C=O) groups excluding carboxylic acids is 1. The number of unbranched alkanes of at least 4 members (excludes halogenated alkanes) is 1. The minimum atomic E-state index is 0.0605. The third-order valence-electron chi connectivity index (χ3n) is 2.90. The second-order valence-electron chi connectivity index (χ2n) is 4.72. The van der Waals surface area contributed by atoms with Crippen LogP contribution in [0.5, 0.6) is 0 Å². The monoisotopic (exact) mass is 321 g/mol. The maximum Gasteiger partial charge on any atom is 0.206 e. The van der Waals surface area contributed by atoms with Gasteiger partial charge in [-0.2, -0.15) is 0 Å². The van der Waals surface area contributed by atoms with Crippen LogP contribution in [0.3, 0.4) is 0 Å². The number of nitrogens with zero attached hydrogens (tertiary/aromatic N) is 2. The molecule has 0 atom stereocenters. The van der Waals surface area contributed by atoms with E-state index in [1.54, 1.807) is 11.8 Å². The van der Waals surface area contributed by atoms with Crippen molar-refractivity contribution in [3.8, 4) is 0 Å². The number of Topliss-reactive ketones (excluding diaryl/α,β-unsaturated/α-hetero) is 1. The fourth-order valence-corrected chi connectivity index (χ4v) is 3.54. The van der Waals surface area contributed by atoms with Crippen molar-refractivity contribution in [1.82, 2.24) is 10.2 Å². The first kappa shape index (κ1) is 16.0. The molecule has 0 unspecified atom stereocenters. The van der Waals surface area contributed by atoms with Crippen molar-refractivity contribution in [2.45, 2.75) is 31.0 Å². The molecule has 0 spiro atoms. The lowest BCUT2D eigenvalue weighted by Gasteiger charge is -2.02. The van der Waals surface area contributed by atoms with Gasteiger partial charge in [0.1, 0.15) is 0 Å².